The third-order valence-corrected chi connectivity index (χ3v) is 3.41. The Balaban J connectivity index is 2.05. The maximum Gasteiger partial charge on any atom is 0.250 e. The average Bonchev–Trinajstić information content (AvgIpc) is 2.92. The molecule has 0 aliphatic rings. The van der Waals surface area contributed by atoms with Crippen LogP contribution in [-0.4, -0.2) is 30.7 Å². The molecule has 0 radical (unpaired) electrons. The maximum absolute atomic E-state index is 14.2. The first-order valence-electron chi connectivity index (χ1n) is 7.79. The lowest BCUT2D eigenvalue weighted by molar-refractivity contribution is 0.221. The highest BCUT2D eigenvalue weighted by Crippen LogP contribution is 2.25. The predicted molar refractivity (Wildman–Crippen MR) is 88.4 cm³/mol. The van der Waals surface area contributed by atoms with Crippen LogP contribution < -0.4 is 4.74 Å². The summed E-state index contributed by atoms with van der Waals surface area (Å²) in [5, 5.41) is 8.35. The molecule has 6 nitrogen and oxygen atoms in total. The molecule has 0 aliphatic carbocycles. The molecule has 0 unspecified atom stereocenters. The van der Waals surface area contributed by atoms with Crippen LogP contribution in [0.15, 0.2) is 24.7 Å². The minimum absolute atomic E-state index is 0.00509. The van der Waals surface area contributed by atoms with E-state index in [1.807, 2.05) is 18.2 Å². The lowest BCUT2D eigenvalue weighted by atomic mass is 9.96. The van der Waals surface area contributed by atoms with Crippen molar-refractivity contribution >= 4 is 5.65 Å². The van der Waals surface area contributed by atoms with Crippen molar-refractivity contribution in [3.63, 3.8) is 0 Å². The number of rotatable bonds is 3. The molecule has 7 heteroatoms. The Kier molecular flexibility index (Phi) is 3.95. The van der Waals surface area contributed by atoms with Crippen LogP contribution in [-0.2, 0) is 5.41 Å². The molecule has 126 valence electrons. The number of halogens is 1. The Hall–Kier alpha value is -2.57. The molecule has 0 bridgehead atoms. The van der Waals surface area contributed by atoms with Gasteiger partial charge in [-0.05, 0) is 19.9 Å². The van der Waals surface area contributed by atoms with Crippen LogP contribution in [0.5, 0.6) is 5.88 Å². The summed E-state index contributed by atoms with van der Waals surface area (Å²) < 4.78 is 21.4. The van der Waals surface area contributed by atoms with E-state index >= 15 is 0 Å². The minimum atomic E-state index is -0.511. The second-order valence-electron chi connectivity index (χ2n) is 6.95. The summed E-state index contributed by atoms with van der Waals surface area (Å²) in [5.41, 5.74) is 1.64. The first-order chi connectivity index (χ1) is 11.3. The fourth-order valence-corrected chi connectivity index (χ4v) is 2.34. The fraction of sp³-hybridized carbons (Fsp3) is 0.412. The molecule has 0 atom stereocenters. The molecule has 0 saturated heterocycles. The highest BCUT2D eigenvalue weighted by molar-refractivity contribution is 5.59. The number of hydrogen-bond donors (Lipinski definition) is 0. The van der Waals surface area contributed by atoms with Gasteiger partial charge in [-0.25, -0.2) is 9.37 Å². The molecular formula is C17H20FN5O. The van der Waals surface area contributed by atoms with Gasteiger partial charge in [0.2, 0.25) is 0 Å². The Morgan fingerprint density at radius 3 is 2.50 bits per heavy atom. The summed E-state index contributed by atoms with van der Waals surface area (Å²) in [6, 6.07) is 1.37. The number of hydrogen-bond acceptors (Lipinski definition) is 5. The topological polar surface area (TPSA) is 65.2 Å². The summed E-state index contributed by atoms with van der Waals surface area (Å²) in [6.07, 6.45) is 4.83. The zero-order chi connectivity index (χ0) is 17.5. The SMILES string of the molecule is CC(C)Oc1ncc(-c2cn3c(C(C)(C)C)nnc3cn2)cc1F. The van der Waals surface area contributed by atoms with Crippen LogP contribution in [0.4, 0.5) is 4.39 Å². The van der Waals surface area contributed by atoms with Gasteiger partial charge in [0, 0.05) is 23.4 Å². The van der Waals surface area contributed by atoms with Gasteiger partial charge in [0.05, 0.1) is 18.0 Å². The van der Waals surface area contributed by atoms with E-state index < -0.39 is 5.82 Å². The zero-order valence-electron chi connectivity index (χ0n) is 14.4. The number of pyridine rings is 1. The van der Waals surface area contributed by atoms with E-state index in [0.29, 0.717) is 16.9 Å². The Morgan fingerprint density at radius 2 is 1.88 bits per heavy atom. The number of nitrogens with zero attached hydrogens (tertiary/aromatic N) is 5. The average molecular weight is 329 g/mol. The Labute approximate surface area is 139 Å². The van der Waals surface area contributed by atoms with E-state index in [1.165, 1.54) is 6.07 Å². The number of fused-ring (bicyclic) bond motifs is 1. The van der Waals surface area contributed by atoms with Gasteiger partial charge in [0.1, 0.15) is 5.82 Å². The lowest BCUT2D eigenvalue weighted by Crippen LogP contribution is -2.16. The second kappa shape index (κ2) is 5.81. The van der Waals surface area contributed by atoms with E-state index in [2.05, 4.69) is 40.9 Å². The minimum Gasteiger partial charge on any atom is -0.473 e. The molecule has 3 aromatic heterocycles. The third kappa shape index (κ3) is 3.06. The van der Waals surface area contributed by atoms with Gasteiger partial charge in [-0.2, -0.15) is 0 Å². The molecule has 3 rings (SSSR count). The molecule has 3 aromatic rings. The third-order valence-electron chi connectivity index (χ3n) is 3.41. The van der Waals surface area contributed by atoms with Crippen molar-refractivity contribution < 1.29 is 9.13 Å². The van der Waals surface area contributed by atoms with Crippen LogP contribution in [0.2, 0.25) is 0 Å². The molecule has 0 aromatic carbocycles. The molecule has 0 saturated carbocycles. The molecular weight excluding hydrogens is 309 g/mol. The van der Waals surface area contributed by atoms with E-state index in [1.54, 1.807) is 18.6 Å². The quantitative estimate of drug-likeness (QED) is 0.737. The van der Waals surface area contributed by atoms with Gasteiger partial charge < -0.3 is 4.74 Å². The monoisotopic (exact) mass is 329 g/mol. The van der Waals surface area contributed by atoms with E-state index in [0.717, 1.165) is 5.82 Å². The van der Waals surface area contributed by atoms with E-state index in [-0.39, 0.29) is 17.4 Å². The largest absolute Gasteiger partial charge is 0.473 e. The summed E-state index contributed by atoms with van der Waals surface area (Å²) >= 11 is 0. The molecule has 0 amide bonds. The molecule has 0 N–H and O–H groups in total. The lowest BCUT2D eigenvalue weighted by Gasteiger charge is -2.15. The highest BCUT2D eigenvalue weighted by Gasteiger charge is 2.21. The van der Waals surface area contributed by atoms with Gasteiger partial charge in [0.15, 0.2) is 11.5 Å². The van der Waals surface area contributed by atoms with Gasteiger partial charge >= 0.3 is 0 Å². The molecule has 24 heavy (non-hydrogen) atoms. The smallest absolute Gasteiger partial charge is 0.250 e. The molecule has 0 fully saturated rings. The summed E-state index contributed by atoms with van der Waals surface area (Å²) in [5.74, 6) is 0.298. The van der Waals surface area contributed by atoms with E-state index in [4.69, 9.17) is 4.74 Å². The van der Waals surface area contributed by atoms with Crippen molar-refractivity contribution in [2.45, 2.75) is 46.1 Å². The van der Waals surface area contributed by atoms with Crippen LogP contribution in [0.3, 0.4) is 0 Å². The number of ether oxygens (including phenoxy) is 1. The predicted octanol–water partition coefficient (Wildman–Crippen LogP) is 3.41. The Morgan fingerprint density at radius 1 is 1.12 bits per heavy atom. The summed E-state index contributed by atoms with van der Waals surface area (Å²) in [6.45, 7) is 9.82. The van der Waals surface area contributed by atoms with Crippen molar-refractivity contribution in [2.24, 2.45) is 0 Å². The van der Waals surface area contributed by atoms with Gasteiger partial charge in [-0.15, -0.1) is 10.2 Å². The van der Waals surface area contributed by atoms with Crippen molar-refractivity contribution in [1.82, 2.24) is 24.6 Å². The summed E-state index contributed by atoms with van der Waals surface area (Å²) in [4.78, 5) is 8.39. The van der Waals surface area contributed by atoms with Gasteiger partial charge in [-0.1, -0.05) is 20.8 Å². The first-order valence-corrected chi connectivity index (χ1v) is 7.79. The van der Waals surface area contributed by atoms with Crippen LogP contribution in [0.1, 0.15) is 40.4 Å². The van der Waals surface area contributed by atoms with Gasteiger partial charge in [-0.3, -0.25) is 9.38 Å². The second-order valence-corrected chi connectivity index (χ2v) is 6.95. The van der Waals surface area contributed by atoms with Crippen LogP contribution in [0.25, 0.3) is 16.9 Å². The highest BCUT2D eigenvalue weighted by atomic mass is 19.1. The molecule has 0 aliphatic heterocycles. The molecule has 3 heterocycles. The first kappa shape index (κ1) is 16.3. The number of aromatic nitrogens is 5. The van der Waals surface area contributed by atoms with Crippen molar-refractivity contribution in [3.05, 3.63) is 36.3 Å². The van der Waals surface area contributed by atoms with Crippen LogP contribution >= 0.6 is 0 Å². The maximum atomic E-state index is 14.2. The molecule has 0 spiro atoms. The van der Waals surface area contributed by atoms with E-state index in [9.17, 15) is 4.39 Å². The van der Waals surface area contributed by atoms with Crippen molar-refractivity contribution in [3.8, 4) is 17.1 Å². The van der Waals surface area contributed by atoms with Gasteiger partial charge in [0.25, 0.3) is 5.88 Å². The van der Waals surface area contributed by atoms with Crippen LogP contribution in [0, 0.1) is 5.82 Å². The normalized spacial score (nSPS) is 12.1. The van der Waals surface area contributed by atoms with Crippen molar-refractivity contribution in [1.29, 1.82) is 0 Å². The standard InChI is InChI=1S/C17H20FN5O/c1-10(2)24-15-12(18)6-11(7-20-15)13-9-23-14(8-19-13)21-22-16(23)17(3,4)5/h6-10H,1-5H3. The van der Waals surface area contributed by atoms with Crippen molar-refractivity contribution in [2.75, 3.05) is 0 Å². The summed E-state index contributed by atoms with van der Waals surface area (Å²) in [7, 11) is 0. The zero-order valence-corrected chi connectivity index (χ0v) is 14.4. The fourth-order valence-electron chi connectivity index (χ4n) is 2.34. The Bertz CT molecular complexity index is 882.